The number of aryl methyl sites for hydroxylation is 4. The normalized spacial score (nSPS) is 12.1. The Morgan fingerprint density at radius 1 is 0.571 bits per heavy atom. The Labute approximate surface area is 260 Å². The highest BCUT2D eigenvalue weighted by Crippen LogP contribution is 2.27. The number of hydrogen-bond donors (Lipinski definition) is 0. The second kappa shape index (κ2) is 22.3. The summed E-state index contributed by atoms with van der Waals surface area (Å²) < 4.78 is 0. The topological polar surface area (TPSA) is 24.7 Å². The van der Waals surface area contributed by atoms with Crippen LogP contribution in [0.15, 0.2) is 46.3 Å². The largest absolute Gasteiger partial charge is 0.155 e. The number of nitrogens with zero attached hydrogens (tertiary/aromatic N) is 2. The van der Waals surface area contributed by atoms with Gasteiger partial charge in [0, 0.05) is 0 Å². The van der Waals surface area contributed by atoms with Gasteiger partial charge in [-0.1, -0.05) is 123 Å². The summed E-state index contributed by atoms with van der Waals surface area (Å²) >= 11 is 0. The number of benzene rings is 2. The van der Waals surface area contributed by atoms with Gasteiger partial charge in [-0.3, -0.25) is 0 Å². The van der Waals surface area contributed by atoms with Crippen molar-refractivity contribution in [3.05, 3.63) is 69.4 Å². The zero-order valence-electron chi connectivity index (χ0n) is 28.5. The molecule has 0 amide bonds. The Morgan fingerprint density at radius 2 is 1.12 bits per heavy atom. The molecule has 0 atom stereocenters. The van der Waals surface area contributed by atoms with Crippen LogP contribution in [0.2, 0.25) is 0 Å². The highest BCUT2D eigenvalue weighted by molar-refractivity contribution is 5.55. The van der Waals surface area contributed by atoms with Crippen LogP contribution in [0.4, 0.5) is 5.69 Å². The van der Waals surface area contributed by atoms with E-state index in [2.05, 4.69) is 83.1 Å². The predicted octanol–water partition coefficient (Wildman–Crippen LogP) is 13.6. The van der Waals surface area contributed by atoms with Crippen LogP contribution in [0.25, 0.3) is 6.08 Å². The van der Waals surface area contributed by atoms with Crippen molar-refractivity contribution in [3.63, 3.8) is 0 Å². The van der Waals surface area contributed by atoms with Crippen molar-refractivity contribution in [2.75, 3.05) is 0 Å². The first kappa shape index (κ1) is 36.0. The van der Waals surface area contributed by atoms with Gasteiger partial charge in [-0.05, 0) is 117 Å². The average molecular weight is 573 g/mol. The average Bonchev–Trinajstić information content (AvgIpc) is 2.98. The number of unbranched alkanes of at least 4 members (excludes halogenated alkanes) is 12. The minimum atomic E-state index is 0.965. The first-order valence-corrected chi connectivity index (χ1v) is 17.9. The number of hydrogen-bond acceptors (Lipinski definition) is 2. The van der Waals surface area contributed by atoms with Crippen molar-refractivity contribution in [1.29, 1.82) is 0 Å². The fourth-order valence-electron chi connectivity index (χ4n) is 6.04. The molecule has 0 aliphatic carbocycles. The summed E-state index contributed by atoms with van der Waals surface area (Å²) in [5.74, 6) is 0. The highest BCUT2D eigenvalue weighted by atomic mass is 15.1. The molecule has 42 heavy (non-hydrogen) atoms. The van der Waals surface area contributed by atoms with Gasteiger partial charge in [-0.15, -0.1) is 0 Å². The lowest BCUT2D eigenvalue weighted by molar-refractivity contribution is 0.599. The molecule has 0 aromatic heterocycles. The molecule has 0 aliphatic rings. The fraction of sp³-hybridized carbons (Fsp3) is 0.650. The zero-order chi connectivity index (χ0) is 30.4. The lowest BCUT2D eigenvalue weighted by Crippen LogP contribution is -1.98. The maximum absolute atomic E-state index is 4.71. The van der Waals surface area contributed by atoms with E-state index in [9.17, 15) is 0 Å². The van der Waals surface area contributed by atoms with Gasteiger partial charge in [-0.25, -0.2) is 0 Å². The Hall–Kier alpha value is -2.22. The van der Waals surface area contributed by atoms with Crippen LogP contribution in [-0.2, 0) is 25.7 Å². The molecule has 0 bridgehead atoms. The van der Waals surface area contributed by atoms with Crippen molar-refractivity contribution in [2.24, 2.45) is 10.2 Å². The van der Waals surface area contributed by atoms with Crippen LogP contribution in [-0.4, -0.2) is 0 Å². The van der Waals surface area contributed by atoms with Crippen LogP contribution in [0, 0.1) is 6.92 Å². The summed E-state index contributed by atoms with van der Waals surface area (Å²) in [6.45, 7) is 13.5. The Balaban J connectivity index is 2.15. The Morgan fingerprint density at radius 3 is 1.76 bits per heavy atom. The molecule has 2 nitrogen and oxygen atoms in total. The van der Waals surface area contributed by atoms with E-state index in [4.69, 9.17) is 5.11 Å². The summed E-state index contributed by atoms with van der Waals surface area (Å²) in [6, 6.07) is 11.7. The van der Waals surface area contributed by atoms with Crippen LogP contribution in [0.5, 0.6) is 0 Å². The second-order valence-corrected chi connectivity index (χ2v) is 12.7. The van der Waals surface area contributed by atoms with Crippen molar-refractivity contribution in [2.45, 2.75) is 170 Å². The standard InChI is InChI=1S/C40H64N2/c1-7-11-15-17-19-21-24-36-28-27-35(31-37(36)25-22-20-18-16-12-8-2)30-34(6)41-42-39-29-33(5)40(26-14-10-4)38(32-39)23-13-9-3/h27-32H,7-26H2,1-6H3. The molecular weight excluding hydrogens is 508 g/mol. The van der Waals surface area contributed by atoms with E-state index in [1.165, 1.54) is 144 Å². The summed E-state index contributed by atoms with van der Waals surface area (Å²) in [5.41, 5.74) is 10.7. The lowest BCUT2D eigenvalue weighted by Gasteiger charge is -2.13. The van der Waals surface area contributed by atoms with Gasteiger partial charge in [0.2, 0.25) is 0 Å². The first-order chi connectivity index (χ1) is 20.5. The van der Waals surface area contributed by atoms with E-state index in [0.29, 0.717) is 0 Å². The summed E-state index contributed by atoms with van der Waals surface area (Å²) in [6.07, 6.45) is 28.1. The van der Waals surface area contributed by atoms with Gasteiger partial charge < -0.3 is 0 Å². The summed E-state index contributed by atoms with van der Waals surface area (Å²) in [5, 5.41) is 9.38. The highest BCUT2D eigenvalue weighted by Gasteiger charge is 2.09. The van der Waals surface area contributed by atoms with Gasteiger partial charge in [0.25, 0.3) is 0 Å². The van der Waals surface area contributed by atoms with Crippen LogP contribution in [0.3, 0.4) is 0 Å². The van der Waals surface area contributed by atoms with Crippen molar-refractivity contribution in [3.8, 4) is 0 Å². The fourth-order valence-corrected chi connectivity index (χ4v) is 6.04. The molecule has 0 spiro atoms. The molecule has 0 radical (unpaired) electrons. The first-order valence-electron chi connectivity index (χ1n) is 17.9. The number of allylic oxidation sites excluding steroid dienone is 1. The molecule has 234 valence electrons. The minimum absolute atomic E-state index is 0.965. The molecule has 2 heteroatoms. The smallest absolute Gasteiger partial charge is 0.0862 e. The van der Waals surface area contributed by atoms with Gasteiger partial charge in [0.05, 0.1) is 11.4 Å². The van der Waals surface area contributed by atoms with E-state index in [0.717, 1.165) is 17.8 Å². The molecular formula is C40H64N2. The molecule has 0 aliphatic heterocycles. The predicted molar refractivity (Wildman–Crippen MR) is 187 cm³/mol. The molecule has 0 N–H and O–H groups in total. The zero-order valence-corrected chi connectivity index (χ0v) is 28.5. The van der Waals surface area contributed by atoms with Crippen molar-refractivity contribution >= 4 is 11.8 Å². The van der Waals surface area contributed by atoms with Crippen molar-refractivity contribution in [1.82, 2.24) is 0 Å². The van der Waals surface area contributed by atoms with Gasteiger partial charge in [-0.2, -0.15) is 10.2 Å². The molecule has 0 heterocycles. The maximum Gasteiger partial charge on any atom is 0.0862 e. The summed E-state index contributed by atoms with van der Waals surface area (Å²) in [4.78, 5) is 0. The third-order valence-electron chi connectivity index (χ3n) is 8.66. The summed E-state index contributed by atoms with van der Waals surface area (Å²) in [7, 11) is 0. The molecule has 2 rings (SSSR count). The Bertz CT molecular complexity index is 1060. The van der Waals surface area contributed by atoms with Crippen LogP contribution < -0.4 is 0 Å². The molecule has 2 aromatic rings. The minimum Gasteiger partial charge on any atom is -0.155 e. The van der Waals surface area contributed by atoms with Gasteiger partial charge in [0.1, 0.15) is 0 Å². The number of rotatable bonds is 23. The maximum atomic E-state index is 4.71. The van der Waals surface area contributed by atoms with E-state index in [-0.39, 0.29) is 0 Å². The van der Waals surface area contributed by atoms with E-state index in [1.54, 1.807) is 11.1 Å². The monoisotopic (exact) mass is 573 g/mol. The molecule has 0 unspecified atom stereocenters. The Kier molecular flexibility index (Phi) is 19.1. The van der Waals surface area contributed by atoms with Crippen LogP contribution in [0.1, 0.15) is 171 Å². The van der Waals surface area contributed by atoms with Gasteiger partial charge >= 0.3 is 0 Å². The third kappa shape index (κ3) is 14.3. The second-order valence-electron chi connectivity index (χ2n) is 12.7. The quantitative estimate of drug-likeness (QED) is 0.0934. The number of azo groups is 1. The van der Waals surface area contributed by atoms with Gasteiger partial charge in [0.15, 0.2) is 0 Å². The van der Waals surface area contributed by atoms with Crippen molar-refractivity contribution < 1.29 is 0 Å². The molecule has 0 saturated carbocycles. The van der Waals surface area contributed by atoms with Crippen LogP contribution >= 0.6 is 0 Å². The lowest BCUT2D eigenvalue weighted by atomic mass is 9.93. The van der Waals surface area contributed by atoms with E-state index >= 15 is 0 Å². The van der Waals surface area contributed by atoms with E-state index in [1.807, 2.05) is 0 Å². The third-order valence-corrected chi connectivity index (χ3v) is 8.66. The molecule has 2 aromatic carbocycles. The molecule has 0 fully saturated rings. The van der Waals surface area contributed by atoms with E-state index < -0.39 is 0 Å². The SMILES string of the molecule is CCCCCCCCc1ccc(C=C(C)N=Nc2cc(C)c(CCCC)c(CCCC)c2)cc1CCCCCCCC. The molecule has 0 saturated heterocycles.